The largest absolute Gasteiger partial charge is 0.330 e. The summed E-state index contributed by atoms with van der Waals surface area (Å²) in [5.74, 6) is -0.800. The lowest BCUT2D eigenvalue weighted by atomic mass is 9.93. The third-order valence-electron chi connectivity index (χ3n) is 6.30. The topological polar surface area (TPSA) is 101 Å². The summed E-state index contributed by atoms with van der Waals surface area (Å²) >= 11 is 7.46. The molecule has 196 valence electrons. The van der Waals surface area contributed by atoms with Gasteiger partial charge in [0.1, 0.15) is 10.8 Å². The van der Waals surface area contributed by atoms with Gasteiger partial charge in [-0.15, -0.1) is 11.3 Å². The van der Waals surface area contributed by atoms with Gasteiger partial charge in [0.25, 0.3) is 5.69 Å². The lowest BCUT2D eigenvalue weighted by Crippen LogP contribution is -2.47. The molecule has 1 aromatic heterocycles. The number of fused-ring (bicyclic) bond motifs is 1. The van der Waals surface area contributed by atoms with Crippen LogP contribution in [0.1, 0.15) is 41.8 Å². The smallest absolute Gasteiger partial charge is 0.289 e. The number of unbranched alkanes of at least 4 members (excludes halogenated alkanes) is 1. The van der Waals surface area contributed by atoms with Crippen LogP contribution in [0.4, 0.5) is 10.1 Å². The average molecular weight is 566 g/mol. The zero-order valence-electron chi connectivity index (χ0n) is 20.0. The molecule has 0 N–H and O–H groups in total. The molecule has 1 atom stereocenters. The molecule has 3 aromatic rings. The van der Waals surface area contributed by atoms with E-state index in [0.29, 0.717) is 25.8 Å². The first-order valence-corrected chi connectivity index (χ1v) is 14.4. The van der Waals surface area contributed by atoms with Crippen LogP contribution in [0.3, 0.4) is 0 Å². The number of hydrogen-bond acceptors (Lipinski definition) is 6. The van der Waals surface area contributed by atoms with E-state index in [-0.39, 0.29) is 16.5 Å². The maximum atomic E-state index is 13.7. The van der Waals surface area contributed by atoms with E-state index in [0.717, 1.165) is 26.4 Å². The molecule has 2 aromatic carbocycles. The van der Waals surface area contributed by atoms with Crippen molar-refractivity contribution < 1.29 is 22.5 Å². The van der Waals surface area contributed by atoms with Crippen LogP contribution in [0.25, 0.3) is 0 Å². The molecule has 0 bridgehead atoms. The fourth-order valence-electron chi connectivity index (χ4n) is 4.39. The molecule has 0 saturated heterocycles. The number of amides is 1. The van der Waals surface area contributed by atoms with Gasteiger partial charge in [-0.2, -0.15) is 4.31 Å². The van der Waals surface area contributed by atoms with Crippen LogP contribution in [0.15, 0.2) is 58.8 Å². The minimum absolute atomic E-state index is 0.0692. The summed E-state index contributed by atoms with van der Waals surface area (Å²) in [5.41, 5.74) is 1.14. The molecule has 1 aliphatic rings. The number of benzene rings is 2. The van der Waals surface area contributed by atoms with E-state index in [1.807, 2.05) is 18.4 Å². The van der Waals surface area contributed by atoms with Crippen molar-refractivity contribution in [1.29, 1.82) is 0 Å². The molecule has 4 rings (SSSR count). The number of halogens is 2. The standard InChI is InChI=1S/C25H25ClFN3O5S2/c1-2-3-12-28(37(34,35)19-8-9-21(26)22(15-19)30(32)33)16-24(31)29-13-10-23-20(11-14-36-23)25(29)17-4-6-18(27)7-5-17/h4-9,11,14-15,25H,2-3,10,12-13,16H2,1H3. The van der Waals surface area contributed by atoms with Crippen LogP contribution in [0.2, 0.25) is 5.02 Å². The first-order valence-electron chi connectivity index (χ1n) is 11.7. The highest BCUT2D eigenvalue weighted by atomic mass is 35.5. The second-order valence-electron chi connectivity index (χ2n) is 8.65. The Morgan fingerprint density at radius 3 is 2.65 bits per heavy atom. The van der Waals surface area contributed by atoms with E-state index in [2.05, 4.69) is 0 Å². The van der Waals surface area contributed by atoms with Crippen LogP contribution >= 0.6 is 22.9 Å². The summed E-state index contributed by atoms with van der Waals surface area (Å²) < 4.78 is 41.8. The molecule has 37 heavy (non-hydrogen) atoms. The summed E-state index contributed by atoms with van der Waals surface area (Å²) in [6.07, 6.45) is 1.81. The number of rotatable bonds is 9. The van der Waals surface area contributed by atoms with Gasteiger partial charge in [-0.25, -0.2) is 12.8 Å². The molecule has 0 spiro atoms. The van der Waals surface area contributed by atoms with Crippen LogP contribution in [0, 0.1) is 15.9 Å². The number of carbonyl (C=O) groups excluding carboxylic acids is 1. The highest BCUT2D eigenvalue weighted by Crippen LogP contribution is 2.38. The highest BCUT2D eigenvalue weighted by molar-refractivity contribution is 7.89. The number of thiophene rings is 1. The highest BCUT2D eigenvalue weighted by Gasteiger charge is 2.36. The van der Waals surface area contributed by atoms with E-state index in [9.17, 15) is 27.7 Å². The SMILES string of the molecule is CCCCN(CC(=O)N1CCc2sccc2C1c1ccc(F)cc1)S(=O)(=O)c1ccc(Cl)c([N+](=O)[O-])c1. The summed E-state index contributed by atoms with van der Waals surface area (Å²) in [6.45, 7) is 1.91. The Morgan fingerprint density at radius 1 is 1.24 bits per heavy atom. The third kappa shape index (κ3) is 5.69. The van der Waals surface area contributed by atoms with Crippen molar-refractivity contribution in [2.75, 3.05) is 19.6 Å². The van der Waals surface area contributed by atoms with Gasteiger partial charge < -0.3 is 4.90 Å². The predicted octanol–water partition coefficient (Wildman–Crippen LogP) is 5.41. The monoisotopic (exact) mass is 565 g/mol. The first-order chi connectivity index (χ1) is 17.6. The lowest BCUT2D eigenvalue weighted by Gasteiger charge is -2.37. The molecule has 2 heterocycles. The fraction of sp³-hybridized carbons (Fsp3) is 0.320. The molecule has 12 heteroatoms. The average Bonchev–Trinajstić information content (AvgIpc) is 3.35. The Morgan fingerprint density at radius 2 is 1.97 bits per heavy atom. The fourth-order valence-corrected chi connectivity index (χ4v) is 6.93. The second-order valence-corrected chi connectivity index (χ2v) is 12.0. The van der Waals surface area contributed by atoms with Crippen molar-refractivity contribution >= 4 is 44.6 Å². The molecule has 0 aliphatic carbocycles. The molecular formula is C25H25ClFN3O5S2. The molecule has 0 fully saturated rings. The number of carbonyl (C=O) groups is 1. The van der Waals surface area contributed by atoms with Crippen molar-refractivity contribution in [3.05, 3.63) is 90.9 Å². The summed E-state index contributed by atoms with van der Waals surface area (Å²) in [6, 6.07) is 10.7. The van der Waals surface area contributed by atoms with E-state index < -0.39 is 44.9 Å². The Hall–Kier alpha value is -2.86. The summed E-state index contributed by atoms with van der Waals surface area (Å²) in [5, 5.41) is 13.1. The van der Waals surface area contributed by atoms with Crippen LogP contribution < -0.4 is 0 Å². The van der Waals surface area contributed by atoms with Crippen LogP contribution in [0.5, 0.6) is 0 Å². The van der Waals surface area contributed by atoms with E-state index in [4.69, 9.17) is 11.6 Å². The number of hydrogen-bond donors (Lipinski definition) is 0. The summed E-state index contributed by atoms with van der Waals surface area (Å²) in [4.78, 5) is 26.7. The predicted molar refractivity (Wildman–Crippen MR) is 140 cm³/mol. The molecule has 0 saturated carbocycles. The van der Waals surface area contributed by atoms with Gasteiger partial charge in [0, 0.05) is 24.0 Å². The molecule has 1 unspecified atom stereocenters. The minimum Gasteiger partial charge on any atom is -0.330 e. The number of sulfonamides is 1. The Bertz CT molecular complexity index is 1410. The van der Waals surface area contributed by atoms with Gasteiger partial charge in [0.2, 0.25) is 15.9 Å². The second kappa shape index (κ2) is 11.3. The normalized spacial score (nSPS) is 15.6. The van der Waals surface area contributed by atoms with Gasteiger partial charge in [0.15, 0.2) is 0 Å². The van der Waals surface area contributed by atoms with Gasteiger partial charge in [-0.1, -0.05) is 37.1 Å². The first kappa shape index (κ1) is 27.2. The van der Waals surface area contributed by atoms with Gasteiger partial charge >= 0.3 is 0 Å². The summed E-state index contributed by atoms with van der Waals surface area (Å²) in [7, 11) is -4.24. The zero-order valence-corrected chi connectivity index (χ0v) is 22.4. The number of nitrogens with zero attached hydrogens (tertiary/aromatic N) is 3. The van der Waals surface area contributed by atoms with Gasteiger partial charge in [-0.05, 0) is 59.7 Å². The molecule has 0 radical (unpaired) electrons. The Labute approximate surface area is 223 Å². The molecule has 1 amide bonds. The molecule has 8 nitrogen and oxygen atoms in total. The Kier molecular flexibility index (Phi) is 8.27. The van der Waals surface area contributed by atoms with E-state index in [1.54, 1.807) is 28.4 Å². The van der Waals surface area contributed by atoms with Crippen molar-refractivity contribution in [2.24, 2.45) is 0 Å². The number of nitro benzene ring substituents is 1. The minimum atomic E-state index is -4.24. The van der Waals surface area contributed by atoms with Crippen LogP contribution in [-0.2, 0) is 21.2 Å². The van der Waals surface area contributed by atoms with Gasteiger partial charge in [-0.3, -0.25) is 14.9 Å². The molecule has 1 aliphatic heterocycles. The maximum Gasteiger partial charge on any atom is 0.289 e. The van der Waals surface area contributed by atoms with Crippen molar-refractivity contribution in [3.63, 3.8) is 0 Å². The van der Waals surface area contributed by atoms with Crippen LogP contribution in [-0.4, -0.2) is 48.1 Å². The van der Waals surface area contributed by atoms with Crippen molar-refractivity contribution in [3.8, 4) is 0 Å². The third-order valence-corrected chi connectivity index (χ3v) is 9.45. The lowest BCUT2D eigenvalue weighted by molar-refractivity contribution is -0.384. The molecular weight excluding hydrogens is 541 g/mol. The van der Waals surface area contributed by atoms with Crippen molar-refractivity contribution in [1.82, 2.24) is 9.21 Å². The van der Waals surface area contributed by atoms with Crippen molar-refractivity contribution in [2.45, 2.75) is 37.1 Å². The number of nitro groups is 1. The Balaban J connectivity index is 1.67. The van der Waals surface area contributed by atoms with E-state index >= 15 is 0 Å². The quantitative estimate of drug-likeness (QED) is 0.255. The van der Waals surface area contributed by atoms with E-state index in [1.165, 1.54) is 24.3 Å². The van der Waals surface area contributed by atoms with Gasteiger partial charge in [0.05, 0.1) is 22.4 Å². The zero-order chi connectivity index (χ0) is 26.7. The maximum absolute atomic E-state index is 13.7.